The van der Waals surface area contributed by atoms with Gasteiger partial charge in [0.05, 0.1) is 18.9 Å². The normalized spacial score (nSPS) is 11.8. The lowest BCUT2D eigenvalue weighted by atomic mass is 10.1. The van der Waals surface area contributed by atoms with Gasteiger partial charge in [0.25, 0.3) is 0 Å². The maximum Gasteiger partial charge on any atom is 0.490 e. The van der Waals surface area contributed by atoms with E-state index in [1.54, 1.807) is 4.68 Å². The summed E-state index contributed by atoms with van der Waals surface area (Å²) in [4.78, 5) is 24.6. The first-order valence-corrected chi connectivity index (χ1v) is 10.7. The van der Waals surface area contributed by atoms with Crippen molar-refractivity contribution in [1.82, 2.24) is 25.2 Å². The number of aromatic nitrogens is 5. The molecule has 10 nitrogen and oxygen atoms in total. The van der Waals surface area contributed by atoms with E-state index in [0.717, 1.165) is 25.8 Å². The number of tetrazole rings is 1. The first kappa shape index (κ1) is 28.5. The van der Waals surface area contributed by atoms with Gasteiger partial charge in [-0.05, 0) is 57.0 Å². The van der Waals surface area contributed by atoms with Crippen molar-refractivity contribution in [2.45, 2.75) is 32.1 Å². The van der Waals surface area contributed by atoms with Crippen molar-refractivity contribution in [2.75, 3.05) is 12.4 Å². The molecule has 0 aliphatic carbocycles. The van der Waals surface area contributed by atoms with Gasteiger partial charge >= 0.3 is 18.1 Å². The molecule has 0 radical (unpaired) electrons. The lowest BCUT2D eigenvalue weighted by Crippen LogP contribution is -2.21. The zero-order valence-electron chi connectivity index (χ0n) is 18.6. The monoisotopic (exact) mass is 580 g/mol. The molecule has 1 atom stereocenters. The SMILES string of the molecule is CCCn1nnnc1C(Nc1ccc(F)c(C(=O)OC)c1)c1cc(Br)ncc1F.O=C(O)C(F)(F)F. The number of carbonyl (C=O) groups is 2. The molecule has 0 spiro atoms. The number of carboxylic acids is 1. The maximum absolute atomic E-state index is 14.6. The number of esters is 1. The third-order valence-corrected chi connectivity index (χ3v) is 4.77. The smallest absolute Gasteiger partial charge is 0.475 e. The number of ether oxygens (including phenoxy) is 1. The maximum atomic E-state index is 14.6. The van der Waals surface area contributed by atoms with E-state index in [9.17, 15) is 26.7 Å². The fourth-order valence-electron chi connectivity index (χ4n) is 2.77. The molecule has 3 rings (SSSR count). The van der Waals surface area contributed by atoms with Crippen molar-refractivity contribution in [3.8, 4) is 0 Å². The number of benzene rings is 1. The van der Waals surface area contributed by atoms with Crippen LogP contribution < -0.4 is 5.32 Å². The fourth-order valence-corrected chi connectivity index (χ4v) is 3.12. The molecule has 0 aliphatic heterocycles. The van der Waals surface area contributed by atoms with E-state index in [1.807, 2.05) is 6.92 Å². The van der Waals surface area contributed by atoms with Crippen LogP contribution in [-0.2, 0) is 16.1 Å². The number of carbonyl (C=O) groups excluding carboxylic acids is 1. The van der Waals surface area contributed by atoms with Crippen molar-refractivity contribution < 1.29 is 41.4 Å². The van der Waals surface area contributed by atoms with Crippen LogP contribution in [-0.4, -0.2) is 55.5 Å². The van der Waals surface area contributed by atoms with E-state index < -0.39 is 35.8 Å². The summed E-state index contributed by atoms with van der Waals surface area (Å²) in [6.07, 6.45) is -3.25. The van der Waals surface area contributed by atoms with Gasteiger partial charge < -0.3 is 15.2 Å². The Kier molecular flexibility index (Phi) is 9.77. The minimum atomic E-state index is -5.08. The van der Waals surface area contributed by atoms with Gasteiger partial charge in [-0.15, -0.1) is 5.10 Å². The molecular weight excluding hydrogens is 563 g/mol. The third-order valence-electron chi connectivity index (χ3n) is 4.34. The first-order chi connectivity index (χ1) is 16.9. The number of anilines is 1. The highest BCUT2D eigenvalue weighted by molar-refractivity contribution is 9.10. The van der Waals surface area contributed by atoms with Gasteiger partial charge in [-0.25, -0.2) is 28.0 Å². The Hall–Kier alpha value is -3.69. The number of carboxylic acid groups (broad SMARTS) is 1. The zero-order chi connectivity index (χ0) is 27.0. The molecule has 36 heavy (non-hydrogen) atoms. The minimum absolute atomic E-state index is 0.225. The first-order valence-electron chi connectivity index (χ1n) is 9.90. The summed E-state index contributed by atoms with van der Waals surface area (Å²) in [7, 11) is 1.16. The predicted molar refractivity (Wildman–Crippen MR) is 117 cm³/mol. The molecule has 0 bridgehead atoms. The van der Waals surface area contributed by atoms with Gasteiger partial charge in [-0.2, -0.15) is 13.2 Å². The van der Waals surface area contributed by atoms with Crippen LogP contribution in [0.1, 0.15) is 41.1 Å². The Labute approximate surface area is 208 Å². The minimum Gasteiger partial charge on any atom is -0.475 e. The summed E-state index contributed by atoms with van der Waals surface area (Å²) in [5, 5.41) is 21.9. The second-order valence-electron chi connectivity index (χ2n) is 6.86. The molecular formula is C20H18BrF5N6O4. The van der Waals surface area contributed by atoms with Crippen LogP contribution in [0.15, 0.2) is 35.1 Å². The van der Waals surface area contributed by atoms with E-state index in [4.69, 9.17) is 9.90 Å². The van der Waals surface area contributed by atoms with Gasteiger partial charge in [0, 0.05) is 17.8 Å². The topological polar surface area (TPSA) is 132 Å². The Bertz CT molecular complexity index is 1220. The quantitative estimate of drug-likeness (QED) is 0.240. The molecule has 194 valence electrons. The predicted octanol–water partition coefficient (Wildman–Crippen LogP) is 4.14. The molecule has 16 heteroatoms. The van der Waals surface area contributed by atoms with E-state index in [2.05, 4.69) is 46.5 Å². The molecule has 0 saturated heterocycles. The van der Waals surface area contributed by atoms with Crippen LogP contribution in [0.4, 0.5) is 27.6 Å². The summed E-state index contributed by atoms with van der Waals surface area (Å²) in [6, 6.07) is 4.52. The summed E-state index contributed by atoms with van der Waals surface area (Å²) in [5.41, 5.74) is 0.332. The number of aryl methyl sites for hydroxylation is 1. The van der Waals surface area contributed by atoms with Crippen LogP contribution in [0, 0.1) is 11.6 Å². The van der Waals surface area contributed by atoms with Crippen LogP contribution >= 0.6 is 15.9 Å². The molecule has 2 heterocycles. The number of methoxy groups -OCH3 is 1. The molecule has 0 saturated carbocycles. The van der Waals surface area contributed by atoms with Crippen LogP contribution in [0.2, 0.25) is 0 Å². The second kappa shape index (κ2) is 12.3. The van der Waals surface area contributed by atoms with E-state index in [1.165, 1.54) is 18.2 Å². The highest BCUT2D eigenvalue weighted by atomic mass is 79.9. The Morgan fingerprint density at radius 1 is 1.22 bits per heavy atom. The van der Waals surface area contributed by atoms with Gasteiger partial charge in [-0.1, -0.05) is 6.92 Å². The number of hydrogen-bond donors (Lipinski definition) is 2. The lowest BCUT2D eigenvalue weighted by Gasteiger charge is -2.21. The highest BCUT2D eigenvalue weighted by Crippen LogP contribution is 2.29. The van der Waals surface area contributed by atoms with E-state index in [0.29, 0.717) is 22.7 Å². The largest absolute Gasteiger partial charge is 0.490 e. The van der Waals surface area contributed by atoms with Crippen LogP contribution in [0.25, 0.3) is 0 Å². The average Bonchev–Trinajstić information content (AvgIpc) is 3.27. The Balaban J connectivity index is 0.000000572. The number of rotatable bonds is 7. The summed E-state index contributed by atoms with van der Waals surface area (Å²) >= 11 is 3.24. The molecule has 0 fully saturated rings. The molecule has 3 aromatic rings. The third kappa shape index (κ3) is 7.40. The molecule has 0 aliphatic rings. The molecule has 2 N–H and O–H groups in total. The molecule has 1 unspecified atom stereocenters. The number of nitrogens with one attached hydrogen (secondary N) is 1. The standard InChI is InChI=1S/C18H17BrF2N6O2.C2HF3O2/c1-3-6-27-17(24-25-26-27)16(11-8-15(19)22-9-14(11)21)23-10-4-5-13(20)12(7-10)18(28)29-2;3-2(4,5)1(6)7/h4-5,7-9,16,23H,3,6H2,1-2H3;(H,6,7). The van der Waals surface area contributed by atoms with Crippen LogP contribution in [0.3, 0.4) is 0 Å². The number of nitrogens with zero attached hydrogens (tertiary/aromatic N) is 5. The highest BCUT2D eigenvalue weighted by Gasteiger charge is 2.38. The number of alkyl halides is 3. The summed E-state index contributed by atoms with van der Waals surface area (Å²) in [6.45, 7) is 2.48. The Morgan fingerprint density at radius 2 is 1.89 bits per heavy atom. The number of halogens is 6. The molecule has 2 aromatic heterocycles. The number of pyridine rings is 1. The summed E-state index contributed by atoms with van der Waals surface area (Å²) in [5.74, 6) is -4.53. The number of aliphatic carboxylic acids is 1. The van der Waals surface area contributed by atoms with Crippen molar-refractivity contribution in [3.05, 3.63) is 63.7 Å². The van der Waals surface area contributed by atoms with Crippen molar-refractivity contribution in [2.24, 2.45) is 0 Å². The molecule has 1 aromatic carbocycles. The van der Waals surface area contributed by atoms with Crippen molar-refractivity contribution in [3.63, 3.8) is 0 Å². The van der Waals surface area contributed by atoms with Crippen LogP contribution in [0.5, 0.6) is 0 Å². The lowest BCUT2D eigenvalue weighted by molar-refractivity contribution is -0.192. The van der Waals surface area contributed by atoms with Gasteiger partial charge in [-0.3, -0.25) is 0 Å². The van der Waals surface area contributed by atoms with Crippen molar-refractivity contribution >= 4 is 33.6 Å². The van der Waals surface area contributed by atoms with E-state index >= 15 is 0 Å². The fraction of sp³-hybridized carbons (Fsp3) is 0.300. The number of hydrogen-bond acceptors (Lipinski definition) is 8. The molecule has 0 amide bonds. The average molecular weight is 581 g/mol. The van der Waals surface area contributed by atoms with E-state index in [-0.39, 0.29) is 11.1 Å². The zero-order valence-corrected chi connectivity index (χ0v) is 20.1. The van der Waals surface area contributed by atoms with Gasteiger partial charge in [0.2, 0.25) is 0 Å². The van der Waals surface area contributed by atoms with Gasteiger partial charge in [0.15, 0.2) is 5.82 Å². The summed E-state index contributed by atoms with van der Waals surface area (Å²) < 4.78 is 66.9. The second-order valence-corrected chi connectivity index (χ2v) is 7.67. The Morgan fingerprint density at radius 3 is 2.47 bits per heavy atom. The van der Waals surface area contributed by atoms with Crippen molar-refractivity contribution in [1.29, 1.82) is 0 Å². The van der Waals surface area contributed by atoms with Gasteiger partial charge in [0.1, 0.15) is 22.3 Å².